The molecule has 5 rings (SSSR count). The predicted molar refractivity (Wildman–Crippen MR) is 141 cm³/mol. The summed E-state index contributed by atoms with van der Waals surface area (Å²) in [6.07, 6.45) is 7.60. The third kappa shape index (κ3) is 5.44. The Morgan fingerprint density at radius 1 is 1.18 bits per heavy atom. The minimum Gasteiger partial charge on any atom is -0.497 e. The Kier molecular flexibility index (Phi) is 7.75. The number of aliphatic hydroxyl groups is 2. The van der Waals surface area contributed by atoms with Crippen LogP contribution in [0.1, 0.15) is 38.6 Å². The summed E-state index contributed by atoms with van der Waals surface area (Å²) in [6, 6.07) is 6.81. The Labute approximate surface area is 220 Å². The first-order valence-electron chi connectivity index (χ1n) is 12.9. The van der Waals surface area contributed by atoms with E-state index >= 15 is 0 Å². The van der Waals surface area contributed by atoms with Gasteiger partial charge in [0.25, 0.3) is 0 Å². The van der Waals surface area contributed by atoms with E-state index in [1.165, 1.54) is 13.2 Å². The molecular formula is C27H33FN6O4. The Morgan fingerprint density at radius 3 is 2.71 bits per heavy atom. The van der Waals surface area contributed by atoms with Gasteiger partial charge in [-0.05, 0) is 44.7 Å². The van der Waals surface area contributed by atoms with Crippen LogP contribution in [0.25, 0.3) is 22.2 Å². The van der Waals surface area contributed by atoms with E-state index in [0.29, 0.717) is 5.75 Å². The molecule has 10 nitrogen and oxygen atoms in total. The minimum absolute atomic E-state index is 0.0781. The van der Waals surface area contributed by atoms with Crippen LogP contribution in [0.3, 0.4) is 0 Å². The van der Waals surface area contributed by atoms with Gasteiger partial charge >= 0.3 is 0 Å². The number of nitrogens with zero attached hydrogens (tertiary/aromatic N) is 5. The molecule has 1 saturated carbocycles. The number of rotatable bonds is 10. The highest BCUT2D eigenvalue weighted by atomic mass is 19.1. The molecule has 11 heteroatoms. The lowest BCUT2D eigenvalue weighted by molar-refractivity contribution is 0.0783. The molecule has 38 heavy (non-hydrogen) atoms. The van der Waals surface area contributed by atoms with Crippen molar-refractivity contribution in [3.8, 4) is 22.8 Å². The topological polar surface area (TPSA) is 119 Å². The molecular weight excluding hydrogens is 491 g/mol. The number of nitrogens with one attached hydrogen (secondary N) is 1. The van der Waals surface area contributed by atoms with Crippen molar-refractivity contribution in [2.75, 3.05) is 25.6 Å². The first-order valence-corrected chi connectivity index (χ1v) is 12.9. The van der Waals surface area contributed by atoms with Gasteiger partial charge in [0.1, 0.15) is 17.3 Å². The molecule has 0 aliphatic heterocycles. The number of ether oxygens (including phenoxy) is 2. The van der Waals surface area contributed by atoms with Crippen LogP contribution < -0.4 is 14.8 Å². The first-order chi connectivity index (χ1) is 18.5. The lowest BCUT2D eigenvalue weighted by Gasteiger charge is -2.29. The van der Waals surface area contributed by atoms with Gasteiger partial charge in [-0.15, -0.1) is 0 Å². The van der Waals surface area contributed by atoms with E-state index in [1.807, 2.05) is 25.4 Å². The number of benzene rings is 1. The standard InChI is InChI=1S/C27H33FN6O4/c1-3-29-26-11-24-22(13-30-26)27(17-12-31-33(14-17)15-19(36)16-35)32-34(24)18-4-6-20(7-5-18)38-25-9-8-21(37-2)10-23(25)28/h8-14,18-20,35-36H,3-7,15-16H2,1-2H3,(H,29,30)/t18-,19-,20+/m1/s1. The molecule has 0 amide bonds. The maximum absolute atomic E-state index is 14.4. The van der Waals surface area contributed by atoms with E-state index in [2.05, 4.69) is 20.1 Å². The Bertz CT molecular complexity index is 1380. The molecule has 3 aromatic heterocycles. The number of pyridine rings is 1. The number of hydrogen-bond donors (Lipinski definition) is 3. The van der Waals surface area contributed by atoms with Gasteiger partial charge in [-0.25, -0.2) is 9.37 Å². The van der Waals surface area contributed by atoms with Crippen molar-refractivity contribution in [2.24, 2.45) is 0 Å². The molecule has 0 unspecified atom stereocenters. The van der Waals surface area contributed by atoms with Gasteiger partial charge in [0.05, 0.1) is 50.2 Å². The molecule has 0 spiro atoms. The molecule has 0 saturated heterocycles. The van der Waals surface area contributed by atoms with E-state index in [9.17, 15) is 9.50 Å². The van der Waals surface area contributed by atoms with Crippen molar-refractivity contribution in [1.82, 2.24) is 24.5 Å². The molecule has 1 aliphatic carbocycles. The first kappa shape index (κ1) is 25.9. The summed E-state index contributed by atoms with van der Waals surface area (Å²) in [5.41, 5.74) is 2.54. The van der Waals surface area contributed by atoms with E-state index in [0.717, 1.165) is 60.2 Å². The monoisotopic (exact) mass is 524 g/mol. The third-order valence-corrected chi connectivity index (χ3v) is 6.89. The van der Waals surface area contributed by atoms with Crippen molar-refractivity contribution < 1.29 is 24.1 Å². The number of aromatic nitrogens is 5. The van der Waals surface area contributed by atoms with Gasteiger partial charge in [0.2, 0.25) is 0 Å². The van der Waals surface area contributed by atoms with Crippen LogP contribution in [-0.4, -0.2) is 67.2 Å². The SMILES string of the molecule is CCNc1cc2c(cn1)c(-c1cnn(C[C@@H](O)CO)c1)nn2[C@H]1CC[C@@H](Oc2ccc(OC)cc2F)CC1. The van der Waals surface area contributed by atoms with Gasteiger partial charge in [-0.3, -0.25) is 9.36 Å². The zero-order valence-electron chi connectivity index (χ0n) is 21.5. The van der Waals surface area contributed by atoms with E-state index < -0.39 is 11.9 Å². The fourth-order valence-electron chi connectivity index (χ4n) is 4.95. The highest BCUT2D eigenvalue weighted by molar-refractivity contribution is 5.93. The van der Waals surface area contributed by atoms with Gasteiger partial charge in [0.15, 0.2) is 11.6 Å². The molecule has 202 valence electrons. The summed E-state index contributed by atoms with van der Waals surface area (Å²) in [6.45, 7) is 2.64. The van der Waals surface area contributed by atoms with Gasteiger partial charge in [-0.1, -0.05) is 0 Å². The minimum atomic E-state index is -0.884. The summed E-state index contributed by atoms with van der Waals surface area (Å²) in [5, 5.41) is 32.5. The Balaban J connectivity index is 1.38. The highest BCUT2D eigenvalue weighted by Gasteiger charge is 2.27. The molecule has 3 heterocycles. The zero-order valence-corrected chi connectivity index (χ0v) is 21.5. The fraction of sp³-hybridized carbons (Fsp3) is 0.444. The second kappa shape index (κ2) is 11.4. The summed E-state index contributed by atoms with van der Waals surface area (Å²) in [5.74, 6) is 1.05. The molecule has 1 atom stereocenters. The number of halogens is 1. The number of fused-ring (bicyclic) bond motifs is 1. The van der Waals surface area contributed by atoms with Crippen LogP contribution in [0.2, 0.25) is 0 Å². The van der Waals surface area contributed by atoms with Gasteiger partial charge in [-0.2, -0.15) is 10.2 Å². The van der Waals surface area contributed by atoms with Crippen LogP contribution in [0.15, 0.2) is 42.9 Å². The summed E-state index contributed by atoms with van der Waals surface area (Å²) >= 11 is 0. The van der Waals surface area contributed by atoms with Crippen molar-refractivity contribution >= 4 is 16.7 Å². The average molecular weight is 525 g/mol. The number of aliphatic hydroxyl groups excluding tert-OH is 2. The van der Waals surface area contributed by atoms with Gasteiger partial charge in [0, 0.05) is 42.0 Å². The van der Waals surface area contributed by atoms with Crippen molar-refractivity contribution in [3.05, 3.63) is 48.7 Å². The van der Waals surface area contributed by atoms with Crippen LogP contribution in [0, 0.1) is 5.82 Å². The van der Waals surface area contributed by atoms with E-state index in [4.69, 9.17) is 19.7 Å². The lowest BCUT2D eigenvalue weighted by atomic mass is 9.93. The van der Waals surface area contributed by atoms with Crippen molar-refractivity contribution in [3.63, 3.8) is 0 Å². The lowest BCUT2D eigenvalue weighted by Crippen LogP contribution is -2.26. The van der Waals surface area contributed by atoms with Crippen LogP contribution in [0.4, 0.5) is 10.2 Å². The molecule has 1 aliphatic rings. The molecule has 3 N–H and O–H groups in total. The third-order valence-electron chi connectivity index (χ3n) is 6.89. The van der Waals surface area contributed by atoms with Crippen LogP contribution in [0.5, 0.6) is 11.5 Å². The van der Waals surface area contributed by atoms with Crippen molar-refractivity contribution in [1.29, 1.82) is 0 Å². The quantitative estimate of drug-likeness (QED) is 0.287. The molecule has 0 radical (unpaired) electrons. The fourth-order valence-corrected chi connectivity index (χ4v) is 4.95. The molecule has 1 aromatic carbocycles. The van der Waals surface area contributed by atoms with E-state index in [1.54, 1.807) is 23.0 Å². The molecule has 4 aromatic rings. The smallest absolute Gasteiger partial charge is 0.168 e. The number of anilines is 1. The number of hydrogen-bond acceptors (Lipinski definition) is 8. The average Bonchev–Trinajstić information content (AvgIpc) is 3.54. The maximum Gasteiger partial charge on any atom is 0.168 e. The van der Waals surface area contributed by atoms with Gasteiger partial charge < -0.3 is 25.0 Å². The predicted octanol–water partition coefficient (Wildman–Crippen LogP) is 3.79. The molecule has 0 bridgehead atoms. The highest BCUT2D eigenvalue weighted by Crippen LogP contribution is 2.37. The largest absolute Gasteiger partial charge is 0.497 e. The van der Waals surface area contributed by atoms with E-state index in [-0.39, 0.29) is 31.0 Å². The normalized spacial score (nSPS) is 18.4. The second-order valence-corrected chi connectivity index (χ2v) is 9.54. The summed E-state index contributed by atoms with van der Waals surface area (Å²) < 4.78 is 29.1. The number of methoxy groups -OCH3 is 1. The van der Waals surface area contributed by atoms with Crippen LogP contribution in [-0.2, 0) is 6.54 Å². The Hall–Kier alpha value is -3.70. The summed E-state index contributed by atoms with van der Waals surface area (Å²) in [4.78, 5) is 4.56. The van der Waals surface area contributed by atoms with Crippen molar-refractivity contribution in [2.45, 2.75) is 57.4 Å². The van der Waals surface area contributed by atoms with Crippen LogP contribution >= 0.6 is 0 Å². The maximum atomic E-state index is 14.4. The molecule has 1 fully saturated rings. The second-order valence-electron chi connectivity index (χ2n) is 9.54. The zero-order chi connectivity index (χ0) is 26.6. The Morgan fingerprint density at radius 2 is 2.00 bits per heavy atom. The summed E-state index contributed by atoms with van der Waals surface area (Å²) in [7, 11) is 1.51.